The summed E-state index contributed by atoms with van der Waals surface area (Å²) in [4.78, 5) is 24.2. The molecule has 0 aromatic heterocycles. The summed E-state index contributed by atoms with van der Waals surface area (Å²) in [7, 11) is 0. The van der Waals surface area contributed by atoms with Crippen molar-refractivity contribution < 1.29 is 31.9 Å². The molecule has 9 heteroatoms. The zero-order chi connectivity index (χ0) is 20.3. The molecule has 1 aliphatic heterocycles. The third kappa shape index (κ3) is 4.66. The molecule has 0 bridgehead atoms. The number of hydrogen-bond acceptors (Lipinski definition) is 3. The smallest absolute Gasteiger partial charge is 0.381 e. The molecule has 5 nitrogen and oxygen atoms in total. The molecule has 2 N–H and O–H groups in total. The first-order valence-electron chi connectivity index (χ1n) is 8.41. The van der Waals surface area contributed by atoms with Crippen LogP contribution < -0.4 is 10.6 Å². The number of carbonyl (C=O) groups excluding carboxylic acids is 2. The number of alkyl halides is 3. The average Bonchev–Trinajstić information content (AvgIpc) is 3.17. The summed E-state index contributed by atoms with van der Waals surface area (Å²) in [5.74, 6) is -2.28. The molecular formula is C19H16F4N2O3. The van der Waals surface area contributed by atoms with Gasteiger partial charge in [0.05, 0.1) is 23.8 Å². The third-order valence-corrected chi connectivity index (χ3v) is 4.25. The molecule has 3 rings (SSSR count). The Kier molecular flexibility index (Phi) is 5.64. The molecule has 0 saturated carbocycles. The van der Waals surface area contributed by atoms with E-state index in [1.165, 1.54) is 18.2 Å². The van der Waals surface area contributed by atoms with E-state index in [0.717, 1.165) is 24.3 Å². The Morgan fingerprint density at radius 2 is 1.75 bits per heavy atom. The molecule has 0 aliphatic carbocycles. The quantitative estimate of drug-likeness (QED) is 0.766. The highest BCUT2D eigenvalue weighted by atomic mass is 19.4. The summed E-state index contributed by atoms with van der Waals surface area (Å²) < 4.78 is 58.3. The number of carbonyl (C=O) groups is 2. The molecule has 28 heavy (non-hydrogen) atoms. The molecule has 148 valence electrons. The lowest BCUT2D eigenvalue weighted by molar-refractivity contribution is -0.137. The number of benzene rings is 2. The van der Waals surface area contributed by atoms with Gasteiger partial charge >= 0.3 is 6.18 Å². The van der Waals surface area contributed by atoms with E-state index in [1.807, 2.05) is 0 Å². The zero-order valence-electron chi connectivity index (χ0n) is 14.5. The number of amides is 2. The first kappa shape index (κ1) is 19.8. The van der Waals surface area contributed by atoms with E-state index < -0.39 is 41.0 Å². The van der Waals surface area contributed by atoms with E-state index in [1.54, 1.807) is 0 Å². The minimum Gasteiger partial charge on any atom is -0.381 e. The fraction of sp³-hybridized carbons (Fsp3) is 0.263. The van der Waals surface area contributed by atoms with Crippen molar-refractivity contribution in [1.82, 2.24) is 0 Å². The van der Waals surface area contributed by atoms with Crippen molar-refractivity contribution in [2.45, 2.75) is 12.6 Å². The van der Waals surface area contributed by atoms with Gasteiger partial charge in [-0.1, -0.05) is 0 Å². The van der Waals surface area contributed by atoms with Crippen LogP contribution in [-0.4, -0.2) is 25.0 Å². The average molecular weight is 396 g/mol. The molecule has 1 saturated heterocycles. The largest absolute Gasteiger partial charge is 0.418 e. The Labute approximate surface area is 157 Å². The number of rotatable bonds is 4. The molecule has 1 fully saturated rings. The number of anilines is 2. The molecule has 0 spiro atoms. The lowest BCUT2D eigenvalue weighted by Gasteiger charge is -2.17. The highest BCUT2D eigenvalue weighted by Gasteiger charge is 2.35. The van der Waals surface area contributed by atoms with Crippen molar-refractivity contribution in [3.63, 3.8) is 0 Å². The summed E-state index contributed by atoms with van der Waals surface area (Å²) in [5.41, 5.74) is -1.50. The molecule has 2 aromatic rings. The van der Waals surface area contributed by atoms with Gasteiger partial charge in [-0.2, -0.15) is 13.2 Å². The normalized spacial score (nSPS) is 16.6. The minimum absolute atomic E-state index is 0.0913. The maximum Gasteiger partial charge on any atom is 0.418 e. The van der Waals surface area contributed by atoms with E-state index in [4.69, 9.17) is 4.74 Å². The molecular weight excluding hydrogens is 380 g/mol. The van der Waals surface area contributed by atoms with Crippen LogP contribution in [0.25, 0.3) is 0 Å². The molecule has 1 unspecified atom stereocenters. The van der Waals surface area contributed by atoms with Gasteiger partial charge in [-0.25, -0.2) is 4.39 Å². The van der Waals surface area contributed by atoms with Gasteiger partial charge in [0.15, 0.2) is 0 Å². The second-order valence-electron chi connectivity index (χ2n) is 6.27. The summed E-state index contributed by atoms with van der Waals surface area (Å²) in [6, 6.07) is 7.64. The van der Waals surface area contributed by atoms with Crippen LogP contribution in [-0.2, 0) is 15.7 Å². The second kappa shape index (κ2) is 7.97. The second-order valence-corrected chi connectivity index (χ2v) is 6.27. The molecule has 0 radical (unpaired) electrons. The van der Waals surface area contributed by atoms with Crippen molar-refractivity contribution in [1.29, 1.82) is 0 Å². The Balaban J connectivity index is 1.80. The SMILES string of the molecule is O=C(Nc1ccc(NC(=O)C2CCOC2)c(C(F)(F)F)c1)c1ccc(F)cc1. The van der Waals surface area contributed by atoms with Crippen LogP contribution in [0.4, 0.5) is 28.9 Å². The number of hydrogen-bond donors (Lipinski definition) is 2. The van der Waals surface area contributed by atoms with Gasteiger partial charge in [0.1, 0.15) is 5.82 Å². The number of nitrogens with one attached hydrogen (secondary N) is 2. The van der Waals surface area contributed by atoms with E-state index in [2.05, 4.69) is 10.6 Å². The van der Waals surface area contributed by atoms with Gasteiger partial charge in [0.25, 0.3) is 5.91 Å². The van der Waals surface area contributed by atoms with Crippen molar-refractivity contribution in [2.24, 2.45) is 5.92 Å². The van der Waals surface area contributed by atoms with Crippen LogP contribution in [0.3, 0.4) is 0 Å². The topological polar surface area (TPSA) is 67.4 Å². The Bertz CT molecular complexity index is 876. The molecule has 1 aliphatic rings. The van der Waals surface area contributed by atoms with Crippen LogP contribution in [0.2, 0.25) is 0 Å². The van der Waals surface area contributed by atoms with Crippen LogP contribution in [0, 0.1) is 11.7 Å². The van der Waals surface area contributed by atoms with Gasteiger partial charge < -0.3 is 15.4 Å². The lowest BCUT2D eigenvalue weighted by atomic mass is 10.1. The summed E-state index contributed by atoms with van der Waals surface area (Å²) in [6.07, 6.45) is -4.30. The standard InChI is InChI=1S/C19H16F4N2O3/c20-13-3-1-11(2-4-13)17(26)24-14-5-6-16(15(9-14)19(21,22)23)25-18(27)12-7-8-28-10-12/h1-6,9,12H,7-8,10H2,(H,24,26)(H,25,27). The predicted octanol–water partition coefficient (Wildman–Crippen LogP) is 4.07. The highest BCUT2D eigenvalue weighted by molar-refractivity contribution is 6.04. The predicted molar refractivity (Wildman–Crippen MR) is 93.4 cm³/mol. The maximum atomic E-state index is 13.4. The first-order chi connectivity index (χ1) is 13.2. The van der Waals surface area contributed by atoms with E-state index in [9.17, 15) is 27.2 Å². The number of ether oxygens (including phenoxy) is 1. The van der Waals surface area contributed by atoms with Gasteiger partial charge in [-0.15, -0.1) is 0 Å². The van der Waals surface area contributed by atoms with Gasteiger partial charge in [0.2, 0.25) is 5.91 Å². The summed E-state index contributed by atoms with van der Waals surface area (Å²) in [6.45, 7) is 0.553. The molecule has 1 heterocycles. The highest BCUT2D eigenvalue weighted by Crippen LogP contribution is 2.37. The van der Waals surface area contributed by atoms with Crippen LogP contribution in [0.5, 0.6) is 0 Å². The van der Waals surface area contributed by atoms with Gasteiger partial charge in [-0.3, -0.25) is 9.59 Å². The Hall–Kier alpha value is -2.94. The third-order valence-electron chi connectivity index (χ3n) is 4.25. The summed E-state index contributed by atoms with van der Waals surface area (Å²) in [5, 5.41) is 4.62. The van der Waals surface area contributed by atoms with Gasteiger partial charge in [-0.05, 0) is 48.9 Å². The van der Waals surface area contributed by atoms with Crippen molar-refractivity contribution in [3.8, 4) is 0 Å². The summed E-state index contributed by atoms with van der Waals surface area (Å²) >= 11 is 0. The molecule has 1 atom stereocenters. The van der Waals surface area contributed by atoms with Crippen molar-refractivity contribution in [3.05, 3.63) is 59.4 Å². The lowest BCUT2D eigenvalue weighted by Crippen LogP contribution is -2.24. The first-order valence-corrected chi connectivity index (χ1v) is 8.41. The Morgan fingerprint density at radius 3 is 2.36 bits per heavy atom. The Morgan fingerprint density at radius 1 is 1.04 bits per heavy atom. The fourth-order valence-electron chi connectivity index (χ4n) is 2.75. The van der Waals surface area contributed by atoms with E-state index in [-0.39, 0.29) is 17.9 Å². The van der Waals surface area contributed by atoms with Gasteiger partial charge in [0, 0.05) is 17.9 Å². The monoisotopic (exact) mass is 396 g/mol. The van der Waals surface area contributed by atoms with E-state index >= 15 is 0 Å². The van der Waals surface area contributed by atoms with E-state index in [0.29, 0.717) is 13.0 Å². The zero-order valence-corrected chi connectivity index (χ0v) is 14.5. The number of halogens is 4. The molecule has 2 amide bonds. The molecule has 2 aromatic carbocycles. The maximum absolute atomic E-state index is 13.4. The van der Waals surface area contributed by atoms with Crippen LogP contribution in [0.1, 0.15) is 22.3 Å². The fourth-order valence-corrected chi connectivity index (χ4v) is 2.75. The van der Waals surface area contributed by atoms with Crippen LogP contribution >= 0.6 is 0 Å². The van der Waals surface area contributed by atoms with Crippen LogP contribution in [0.15, 0.2) is 42.5 Å². The van der Waals surface area contributed by atoms with Crippen molar-refractivity contribution in [2.75, 3.05) is 23.8 Å². The van der Waals surface area contributed by atoms with Crippen molar-refractivity contribution >= 4 is 23.2 Å². The minimum atomic E-state index is -4.74.